The molecule has 0 aliphatic carbocycles. The number of urea groups is 1. The van der Waals surface area contributed by atoms with Gasteiger partial charge in [0, 0.05) is 31.5 Å². The molecule has 2 aromatic rings. The van der Waals surface area contributed by atoms with Gasteiger partial charge < -0.3 is 20.2 Å². The Morgan fingerprint density at radius 3 is 2.57 bits per heavy atom. The van der Waals surface area contributed by atoms with Crippen LogP contribution < -0.4 is 10.2 Å². The summed E-state index contributed by atoms with van der Waals surface area (Å²) < 4.78 is 1.06. The van der Waals surface area contributed by atoms with E-state index in [1.54, 1.807) is 11.1 Å². The highest BCUT2D eigenvalue weighted by Gasteiger charge is 2.31. The minimum Gasteiger partial charge on any atom is -0.394 e. The number of aromatic nitrogens is 1. The highest BCUT2D eigenvalue weighted by Crippen LogP contribution is 2.25. The summed E-state index contributed by atoms with van der Waals surface area (Å²) in [5.41, 5.74) is 2.05. The Morgan fingerprint density at radius 2 is 1.96 bits per heavy atom. The molecule has 0 radical (unpaired) electrons. The normalized spacial score (nSPS) is 17.5. The van der Waals surface area contributed by atoms with Crippen molar-refractivity contribution in [3.63, 3.8) is 0 Å². The van der Waals surface area contributed by atoms with Crippen molar-refractivity contribution in [1.82, 2.24) is 9.88 Å². The van der Waals surface area contributed by atoms with Gasteiger partial charge in [-0.25, -0.2) is 9.78 Å². The molecule has 2 heterocycles. The Morgan fingerprint density at radius 1 is 1.25 bits per heavy atom. The zero-order chi connectivity index (χ0) is 20.3. The molecule has 150 valence electrons. The van der Waals surface area contributed by atoms with Crippen LogP contribution in [0.1, 0.15) is 26.3 Å². The number of rotatable bonds is 3. The van der Waals surface area contributed by atoms with E-state index in [9.17, 15) is 9.90 Å². The Hall–Kier alpha value is -1.87. The molecule has 0 saturated carbocycles. The third kappa shape index (κ3) is 4.75. The van der Waals surface area contributed by atoms with E-state index in [1.807, 2.05) is 36.4 Å². The number of aliphatic hydroxyl groups is 1. The fourth-order valence-electron chi connectivity index (χ4n) is 3.33. The smallest absolute Gasteiger partial charge is 0.322 e. The van der Waals surface area contributed by atoms with Crippen LogP contribution in [0.25, 0.3) is 0 Å². The molecule has 7 heteroatoms. The average molecular weight is 494 g/mol. The van der Waals surface area contributed by atoms with E-state index >= 15 is 0 Å². The number of halogens is 1. The molecule has 1 aliphatic rings. The quantitative estimate of drug-likeness (QED) is 0.639. The van der Waals surface area contributed by atoms with Gasteiger partial charge in [0.25, 0.3) is 0 Å². The first kappa shape index (κ1) is 20.9. The standard InChI is InChI=1S/C21H27IN4O2/c1-21(2,3)15-6-8-16(9-7-15)24-20(28)26-12-11-25(13-17(26)14-27)19-18(22)5-4-10-23-19/h4-10,17,27H,11-14H2,1-3H3,(H,24,28)/t17-/m0/s1. The van der Waals surface area contributed by atoms with Crippen LogP contribution in [0.3, 0.4) is 0 Å². The second kappa shape index (κ2) is 8.65. The summed E-state index contributed by atoms with van der Waals surface area (Å²) in [7, 11) is 0. The molecule has 1 atom stereocenters. The van der Waals surface area contributed by atoms with E-state index in [0.717, 1.165) is 15.1 Å². The van der Waals surface area contributed by atoms with E-state index in [4.69, 9.17) is 0 Å². The molecule has 0 unspecified atom stereocenters. The van der Waals surface area contributed by atoms with Gasteiger partial charge in [-0.15, -0.1) is 0 Å². The van der Waals surface area contributed by atoms with Crippen molar-refractivity contribution in [3.05, 3.63) is 51.7 Å². The van der Waals surface area contributed by atoms with Gasteiger partial charge in [0.05, 0.1) is 16.2 Å². The number of aliphatic hydroxyl groups excluding tert-OH is 1. The van der Waals surface area contributed by atoms with Crippen LogP contribution in [0.2, 0.25) is 0 Å². The number of carbonyl (C=O) groups is 1. The van der Waals surface area contributed by atoms with Crippen molar-refractivity contribution in [1.29, 1.82) is 0 Å². The van der Waals surface area contributed by atoms with E-state index in [-0.39, 0.29) is 24.1 Å². The van der Waals surface area contributed by atoms with Gasteiger partial charge in [-0.3, -0.25) is 0 Å². The summed E-state index contributed by atoms with van der Waals surface area (Å²) in [6.45, 7) is 8.16. The Kier molecular flexibility index (Phi) is 6.44. The predicted molar refractivity (Wildman–Crippen MR) is 121 cm³/mol. The Bertz CT molecular complexity index is 820. The SMILES string of the molecule is CC(C)(C)c1ccc(NC(=O)N2CCN(c3ncccc3I)C[C@H]2CO)cc1. The maximum absolute atomic E-state index is 12.8. The molecule has 0 spiro atoms. The van der Waals surface area contributed by atoms with Crippen molar-refractivity contribution < 1.29 is 9.90 Å². The topological polar surface area (TPSA) is 68.7 Å². The fraction of sp³-hybridized carbons (Fsp3) is 0.429. The number of hydrogen-bond acceptors (Lipinski definition) is 4. The molecule has 2 N–H and O–H groups in total. The van der Waals surface area contributed by atoms with Crippen LogP contribution in [0.15, 0.2) is 42.6 Å². The lowest BCUT2D eigenvalue weighted by atomic mass is 9.87. The zero-order valence-electron chi connectivity index (χ0n) is 16.5. The number of pyridine rings is 1. The maximum Gasteiger partial charge on any atom is 0.322 e. The first-order valence-corrected chi connectivity index (χ1v) is 10.5. The molecule has 6 nitrogen and oxygen atoms in total. The minimum absolute atomic E-state index is 0.0733. The summed E-state index contributed by atoms with van der Waals surface area (Å²) in [5, 5.41) is 12.8. The van der Waals surface area contributed by atoms with Crippen LogP contribution in [0.4, 0.5) is 16.3 Å². The Labute approximate surface area is 180 Å². The lowest BCUT2D eigenvalue weighted by Gasteiger charge is -2.41. The summed E-state index contributed by atoms with van der Waals surface area (Å²) in [4.78, 5) is 21.1. The molecule has 28 heavy (non-hydrogen) atoms. The number of piperazine rings is 1. The van der Waals surface area contributed by atoms with Crippen molar-refractivity contribution in [2.45, 2.75) is 32.2 Å². The minimum atomic E-state index is -0.277. The molecule has 1 aromatic heterocycles. The molecule has 1 aliphatic heterocycles. The number of nitrogens with zero attached hydrogens (tertiary/aromatic N) is 3. The fourth-order valence-corrected chi connectivity index (χ4v) is 4.02. The molecule has 1 aromatic carbocycles. The van der Waals surface area contributed by atoms with Gasteiger partial charge in [0.2, 0.25) is 0 Å². The predicted octanol–water partition coefficient (Wildman–Crippen LogP) is 3.70. The van der Waals surface area contributed by atoms with Crippen molar-refractivity contribution in [3.8, 4) is 0 Å². The lowest BCUT2D eigenvalue weighted by Crippen LogP contribution is -2.58. The maximum atomic E-state index is 12.8. The van der Waals surface area contributed by atoms with Crippen molar-refractivity contribution in [2.24, 2.45) is 0 Å². The van der Waals surface area contributed by atoms with Crippen molar-refractivity contribution in [2.75, 3.05) is 36.5 Å². The number of hydrogen-bond donors (Lipinski definition) is 2. The second-order valence-electron chi connectivity index (χ2n) is 8.04. The Balaban J connectivity index is 1.66. The number of anilines is 2. The van der Waals surface area contributed by atoms with Crippen LogP contribution >= 0.6 is 22.6 Å². The molecular formula is C21H27IN4O2. The molecule has 3 rings (SSSR count). The van der Waals surface area contributed by atoms with Crippen molar-refractivity contribution >= 4 is 40.1 Å². The largest absolute Gasteiger partial charge is 0.394 e. The monoisotopic (exact) mass is 494 g/mol. The molecular weight excluding hydrogens is 467 g/mol. The summed E-state index contributed by atoms with van der Waals surface area (Å²) in [5.74, 6) is 0.902. The van der Waals surface area contributed by atoms with E-state index in [2.05, 4.69) is 58.6 Å². The highest BCUT2D eigenvalue weighted by molar-refractivity contribution is 14.1. The van der Waals surface area contributed by atoms with Gasteiger partial charge in [0.1, 0.15) is 5.82 Å². The molecule has 1 fully saturated rings. The first-order chi connectivity index (χ1) is 13.3. The highest BCUT2D eigenvalue weighted by atomic mass is 127. The van der Waals surface area contributed by atoms with Crippen LogP contribution in [-0.4, -0.2) is 53.3 Å². The summed E-state index contributed by atoms with van der Waals surface area (Å²) in [6, 6.07) is 11.4. The molecule has 1 saturated heterocycles. The second-order valence-corrected chi connectivity index (χ2v) is 9.20. The zero-order valence-corrected chi connectivity index (χ0v) is 18.7. The van der Waals surface area contributed by atoms with E-state index in [1.165, 1.54) is 5.56 Å². The van der Waals surface area contributed by atoms with Gasteiger partial charge >= 0.3 is 6.03 Å². The number of amides is 2. The number of carbonyl (C=O) groups excluding carboxylic acids is 1. The van der Waals surface area contributed by atoms with Crippen LogP contribution in [0, 0.1) is 3.57 Å². The first-order valence-electron chi connectivity index (χ1n) is 9.44. The van der Waals surface area contributed by atoms with Crippen LogP contribution in [0.5, 0.6) is 0 Å². The number of benzene rings is 1. The van der Waals surface area contributed by atoms with Gasteiger partial charge in [-0.2, -0.15) is 0 Å². The summed E-state index contributed by atoms with van der Waals surface area (Å²) >= 11 is 2.26. The summed E-state index contributed by atoms with van der Waals surface area (Å²) in [6.07, 6.45) is 1.77. The van der Waals surface area contributed by atoms with E-state index in [0.29, 0.717) is 19.6 Å². The third-order valence-electron chi connectivity index (χ3n) is 5.00. The van der Waals surface area contributed by atoms with Gasteiger partial charge in [-0.1, -0.05) is 32.9 Å². The number of nitrogens with one attached hydrogen (secondary N) is 1. The van der Waals surface area contributed by atoms with E-state index < -0.39 is 0 Å². The molecule has 0 bridgehead atoms. The van der Waals surface area contributed by atoms with Gasteiger partial charge in [-0.05, 0) is 57.8 Å². The van der Waals surface area contributed by atoms with Crippen LogP contribution in [-0.2, 0) is 5.41 Å². The lowest BCUT2D eigenvalue weighted by molar-refractivity contribution is 0.132. The third-order valence-corrected chi connectivity index (χ3v) is 5.84. The molecule has 2 amide bonds. The van der Waals surface area contributed by atoms with Gasteiger partial charge in [0.15, 0.2) is 0 Å². The average Bonchev–Trinajstić information content (AvgIpc) is 2.67.